The van der Waals surface area contributed by atoms with E-state index in [-0.39, 0.29) is 41.7 Å². The number of hydrogen-bond donors (Lipinski definition) is 2. The van der Waals surface area contributed by atoms with Crippen LogP contribution >= 0.6 is 12.4 Å². The Morgan fingerprint density at radius 3 is 2.74 bits per heavy atom. The standard InChI is InChI=1S/C18H29N3O4S.ClH/c1-4-18(22)20-11-15-10-16(7-8-17(15)25-3)26(23,24)21-9-5-6-14(12-21)13(2)19;/h7-8,10,13-14H,4-6,9,11-12,19H2,1-3H3,(H,20,22);1H. The maximum Gasteiger partial charge on any atom is 0.243 e. The van der Waals surface area contributed by atoms with Crippen LogP contribution in [0.15, 0.2) is 23.1 Å². The fraction of sp³-hybridized carbons (Fsp3) is 0.611. The zero-order valence-corrected chi connectivity index (χ0v) is 17.7. The summed E-state index contributed by atoms with van der Waals surface area (Å²) in [5.74, 6) is 0.614. The van der Waals surface area contributed by atoms with E-state index in [0.29, 0.717) is 30.8 Å². The molecule has 0 saturated carbocycles. The first-order valence-electron chi connectivity index (χ1n) is 8.99. The number of piperidine rings is 1. The number of hydrogen-bond acceptors (Lipinski definition) is 5. The van der Waals surface area contributed by atoms with Crippen LogP contribution in [0.25, 0.3) is 0 Å². The Bertz CT molecular complexity index is 740. The lowest BCUT2D eigenvalue weighted by molar-refractivity contribution is -0.120. The molecule has 0 spiro atoms. The van der Waals surface area contributed by atoms with E-state index in [4.69, 9.17) is 10.5 Å². The van der Waals surface area contributed by atoms with Gasteiger partial charge in [0.1, 0.15) is 5.75 Å². The minimum atomic E-state index is -3.61. The van der Waals surface area contributed by atoms with E-state index in [9.17, 15) is 13.2 Å². The topological polar surface area (TPSA) is 102 Å². The van der Waals surface area contributed by atoms with Crippen LogP contribution in [0.1, 0.15) is 38.7 Å². The highest BCUT2D eigenvalue weighted by molar-refractivity contribution is 7.89. The van der Waals surface area contributed by atoms with Crippen LogP contribution in [-0.4, -0.2) is 44.9 Å². The Hall–Kier alpha value is -1.35. The van der Waals surface area contributed by atoms with E-state index in [1.54, 1.807) is 25.1 Å². The number of nitrogens with zero attached hydrogens (tertiary/aromatic N) is 1. The quantitative estimate of drug-likeness (QED) is 0.702. The highest BCUT2D eigenvalue weighted by atomic mass is 35.5. The van der Waals surface area contributed by atoms with Crippen molar-refractivity contribution in [3.63, 3.8) is 0 Å². The number of sulfonamides is 1. The van der Waals surface area contributed by atoms with Crippen molar-refractivity contribution < 1.29 is 17.9 Å². The van der Waals surface area contributed by atoms with Gasteiger partial charge in [0.05, 0.1) is 12.0 Å². The average molecular weight is 420 g/mol. The van der Waals surface area contributed by atoms with E-state index >= 15 is 0 Å². The Morgan fingerprint density at radius 2 is 2.15 bits per heavy atom. The van der Waals surface area contributed by atoms with Crippen LogP contribution in [0.2, 0.25) is 0 Å². The molecule has 9 heteroatoms. The summed E-state index contributed by atoms with van der Waals surface area (Å²) >= 11 is 0. The number of carbonyl (C=O) groups is 1. The van der Waals surface area contributed by atoms with Crippen molar-refractivity contribution >= 4 is 28.3 Å². The van der Waals surface area contributed by atoms with Crippen molar-refractivity contribution in [3.8, 4) is 5.75 Å². The molecule has 0 bridgehead atoms. The summed E-state index contributed by atoms with van der Waals surface area (Å²) < 4.78 is 32.9. The number of benzene rings is 1. The van der Waals surface area contributed by atoms with Gasteiger partial charge in [-0.1, -0.05) is 6.92 Å². The third-order valence-electron chi connectivity index (χ3n) is 4.85. The highest BCUT2D eigenvalue weighted by Crippen LogP contribution is 2.28. The number of halogens is 1. The Balaban J connectivity index is 0.00000364. The molecule has 154 valence electrons. The van der Waals surface area contributed by atoms with E-state index < -0.39 is 10.0 Å². The van der Waals surface area contributed by atoms with Crippen LogP contribution in [0.4, 0.5) is 0 Å². The summed E-state index contributed by atoms with van der Waals surface area (Å²) in [6, 6.07) is 4.73. The number of rotatable bonds is 7. The lowest BCUT2D eigenvalue weighted by Crippen LogP contribution is -2.44. The van der Waals surface area contributed by atoms with Gasteiger partial charge in [-0.3, -0.25) is 4.79 Å². The lowest BCUT2D eigenvalue weighted by atomic mass is 9.93. The predicted octanol–water partition coefficient (Wildman–Crippen LogP) is 1.89. The molecule has 1 aliphatic rings. The van der Waals surface area contributed by atoms with Gasteiger partial charge in [-0.05, 0) is 43.9 Å². The Kier molecular flexibility index (Phi) is 9.01. The molecule has 3 N–H and O–H groups in total. The zero-order chi connectivity index (χ0) is 19.3. The van der Waals surface area contributed by atoms with Crippen molar-refractivity contribution in [1.29, 1.82) is 0 Å². The fourth-order valence-electron chi connectivity index (χ4n) is 3.14. The molecule has 0 aromatic heterocycles. The summed E-state index contributed by atoms with van der Waals surface area (Å²) in [7, 11) is -2.09. The zero-order valence-electron chi connectivity index (χ0n) is 16.1. The van der Waals surface area contributed by atoms with Crippen LogP contribution in [0, 0.1) is 5.92 Å². The summed E-state index contributed by atoms with van der Waals surface area (Å²) in [6.45, 7) is 4.84. The molecule has 1 heterocycles. The number of nitrogens with two attached hydrogens (primary N) is 1. The summed E-state index contributed by atoms with van der Waals surface area (Å²) in [4.78, 5) is 11.7. The Morgan fingerprint density at radius 1 is 1.44 bits per heavy atom. The average Bonchev–Trinajstić information content (AvgIpc) is 2.65. The molecule has 1 amide bonds. The number of carbonyl (C=O) groups excluding carboxylic acids is 1. The van der Waals surface area contributed by atoms with Crippen LogP contribution < -0.4 is 15.8 Å². The SMILES string of the molecule is CCC(=O)NCc1cc(S(=O)(=O)N2CCCC(C(C)N)C2)ccc1OC.Cl. The van der Waals surface area contributed by atoms with E-state index in [1.165, 1.54) is 11.4 Å². The van der Waals surface area contributed by atoms with Crippen LogP contribution in [0.3, 0.4) is 0 Å². The molecule has 2 atom stereocenters. The fourth-order valence-corrected chi connectivity index (χ4v) is 4.73. The first-order valence-corrected chi connectivity index (χ1v) is 10.4. The van der Waals surface area contributed by atoms with Crippen LogP contribution in [-0.2, 0) is 21.4 Å². The molecule has 1 aliphatic heterocycles. The number of amides is 1. The molecule has 0 aliphatic carbocycles. The maximum atomic E-state index is 13.1. The van der Waals surface area contributed by atoms with E-state index in [2.05, 4.69) is 5.32 Å². The van der Waals surface area contributed by atoms with E-state index in [0.717, 1.165) is 12.8 Å². The first-order chi connectivity index (χ1) is 12.3. The first kappa shape index (κ1) is 23.7. The normalized spacial score (nSPS) is 19.0. The number of methoxy groups -OCH3 is 1. The van der Waals surface area contributed by atoms with Crippen LogP contribution in [0.5, 0.6) is 5.75 Å². The Labute approximate surface area is 168 Å². The van der Waals surface area contributed by atoms with Crippen molar-refractivity contribution in [2.75, 3.05) is 20.2 Å². The molecular weight excluding hydrogens is 390 g/mol. The second-order valence-corrected chi connectivity index (χ2v) is 8.67. The molecule has 1 aromatic carbocycles. The monoisotopic (exact) mass is 419 g/mol. The van der Waals surface area contributed by atoms with Gasteiger partial charge in [-0.2, -0.15) is 4.31 Å². The van der Waals surface area contributed by atoms with Gasteiger partial charge in [0.2, 0.25) is 15.9 Å². The molecular formula is C18H30ClN3O4S. The molecule has 27 heavy (non-hydrogen) atoms. The van der Waals surface area contributed by atoms with Gasteiger partial charge in [-0.25, -0.2) is 8.42 Å². The predicted molar refractivity (Wildman–Crippen MR) is 108 cm³/mol. The molecule has 1 aromatic rings. The highest BCUT2D eigenvalue weighted by Gasteiger charge is 2.32. The van der Waals surface area contributed by atoms with Gasteiger partial charge in [0.15, 0.2) is 0 Å². The van der Waals surface area contributed by atoms with Gasteiger partial charge in [0.25, 0.3) is 0 Å². The second-order valence-electron chi connectivity index (χ2n) is 6.73. The molecule has 1 saturated heterocycles. The largest absolute Gasteiger partial charge is 0.496 e. The minimum absolute atomic E-state index is 0. The third-order valence-corrected chi connectivity index (χ3v) is 6.71. The van der Waals surface area contributed by atoms with Crippen molar-refractivity contribution in [3.05, 3.63) is 23.8 Å². The maximum absolute atomic E-state index is 13.1. The van der Waals surface area contributed by atoms with Gasteiger partial charge in [-0.15, -0.1) is 12.4 Å². The van der Waals surface area contributed by atoms with Gasteiger partial charge in [0, 0.05) is 37.7 Å². The summed E-state index contributed by atoms with van der Waals surface area (Å²) in [5.41, 5.74) is 6.61. The molecule has 1 fully saturated rings. The van der Waals surface area contributed by atoms with Crippen molar-refractivity contribution in [2.24, 2.45) is 11.7 Å². The van der Waals surface area contributed by atoms with Gasteiger partial charge >= 0.3 is 0 Å². The lowest BCUT2D eigenvalue weighted by Gasteiger charge is -2.33. The minimum Gasteiger partial charge on any atom is -0.496 e. The summed E-state index contributed by atoms with van der Waals surface area (Å²) in [6.07, 6.45) is 2.12. The second kappa shape index (κ2) is 10.3. The molecule has 2 rings (SSSR count). The third kappa shape index (κ3) is 5.81. The van der Waals surface area contributed by atoms with Crippen molar-refractivity contribution in [2.45, 2.75) is 50.6 Å². The molecule has 0 radical (unpaired) electrons. The van der Waals surface area contributed by atoms with Crippen molar-refractivity contribution in [1.82, 2.24) is 9.62 Å². The van der Waals surface area contributed by atoms with Gasteiger partial charge < -0.3 is 15.8 Å². The molecule has 2 unspecified atom stereocenters. The molecule has 7 nitrogen and oxygen atoms in total. The summed E-state index contributed by atoms with van der Waals surface area (Å²) in [5, 5.41) is 2.76. The smallest absolute Gasteiger partial charge is 0.243 e. The number of nitrogens with one attached hydrogen (secondary N) is 1. The number of ether oxygens (including phenoxy) is 1. The van der Waals surface area contributed by atoms with E-state index in [1.807, 2.05) is 6.92 Å².